The van der Waals surface area contributed by atoms with Gasteiger partial charge < -0.3 is 10.6 Å². The molecule has 0 bridgehead atoms. The highest BCUT2D eigenvalue weighted by atomic mass is 16.1. The fourth-order valence-electron chi connectivity index (χ4n) is 3.15. The second-order valence-electron chi connectivity index (χ2n) is 6.11. The number of rotatable bonds is 5. The summed E-state index contributed by atoms with van der Waals surface area (Å²) in [4.78, 5) is 17.4. The van der Waals surface area contributed by atoms with Crippen molar-refractivity contribution < 1.29 is 4.79 Å². The third kappa shape index (κ3) is 3.83. The number of hydrogen-bond acceptors (Lipinski definition) is 4. The van der Waals surface area contributed by atoms with E-state index in [4.69, 9.17) is 5.73 Å². The third-order valence-corrected chi connectivity index (χ3v) is 4.64. The Morgan fingerprint density at radius 2 is 1.90 bits per heavy atom. The highest BCUT2D eigenvalue weighted by Crippen LogP contribution is 2.20. The molecule has 0 amide bonds. The van der Waals surface area contributed by atoms with Crippen molar-refractivity contribution in [1.82, 2.24) is 9.80 Å². The summed E-state index contributed by atoms with van der Waals surface area (Å²) in [6.07, 6.45) is 3.11. The summed E-state index contributed by atoms with van der Waals surface area (Å²) in [5.41, 5.74) is 7.16. The lowest BCUT2D eigenvalue weighted by Gasteiger charge is -2.38. The lowest BCUT2D eigenvalue weighted by atomic mass is 9.96. The topological polar surface area (TPSA) is 49.6 Å². The molecule has 2 rings (SSSR count). The normalized spacial score (nSPS) is 18.9. The van der Waals surface area contributed by atoms with Gasteiger partial charge in [0.25, 0.3) is 0 Å². The molecular weight excluding hydrogens is 262 g/mol. The number of carbonyl (C=O) groups excluding carboxylic acids is 1. The number of carbonyl (C=O) groups is 1. The van der Waals surface area contributed by atoms with Crippen LogP contribution in [0.4, 0.5) is 5.69 Å². The van der Waals surface area contributed by atoms with E-state index in [0.717, 1.165) is 37.9 Å². The number of nitrogen functional groups attached to an aromatic ring is 1. The molecule has 0 saturated carbocycles. The zero-order chi connectivity index (χ0) is 15.4. The van der Waals surface area contributed by atoms with E-state index in [9.17, 15) is 4.79 Å². The van der Waals surface area contributed by atoms with Crippen LogP contribution in [0.15, 0.2) is 24.3 Å². The summed E-state index contributed by atoms with van der Waals surface area (Å²) in [6, 6.07) is 7.74. The smallest absolute Gasteiger partial charge is 0.179 e. The molecule has 2 N–H and O–H groups in total. The summed E-state index contributed by atoms with van der Waals surface area (Å²) < 4.78 is 0. The Morgan fingerprint density at radius 1 is 1.33 bits per heavy atom. The lowest BCUT2D eigenvalue weighted by Crippen LogP contribution is -2.48. The van der Waals surface area contributed by atoms with E-state index in [-0.39, 0.29) is 11.8 Å². The lowest BCUT2D eigenvalue weighted by molar-refractivity contribution is 0.0691. The third-order valence-electron chi connectivity index (χ3n) is 4.64. The van der Waals surface area contributed by atoms with Gasteiger partial charge in [0, 0.05) is 17.3 Å². The molecule has 1 aromatic carbocycles. The van der Waals surface area contributed by atoms with Crippen LogP contribution in [0.2, 0.25) is 0 Å². The van der Waals surface area contributed by atoms with E-state index in [1.807, 2.05) is 12.1 Å². The molecule has 21 heavy (non-hydrogen) atoms. The molecule has 0 radical (unpaired) electrons. The van der Waals surface area contributed by atoms with Crippen LogP contribution in [0.3, 0.4) is 0 Å². The van der Waals surface area contributed by atoms with E-state index < -0.39 is 0 Å². The Balaban J connectivity index is 2.07. The van der Waals surface area contributed by atoms with Gasteiger partial charge in [-0.05, 0) is 70.7 Å². The Bertz CT molecular complexity index is 463. The first-order chi connectivity index (χ1) is 10.0. The van der Waals surface area contributed by atoms with Gasteiger partial charge in [-0.2, -0.15) is 0 Å². The number of Topliss-reactive ketones (excluding diaryl/α,β-unsaturated/α-hetero) is 1. The van der Waals surface area contributed by atoms with Crippen molar-refractivity contribution in [3.05, 3.63) is 29.8 Å². The number of hydrogen-bond donors (Lipinski definition) is 1. The molecule has 1 atom stereocenters. The Morgan fingerprint density at radius 3 is 2.43 bits per heavy atom. The first-order valence-electron chi connectivity index (χ1n) is 7.83. The minimum atomic E-state index is -0.0398. The molecule has 116 valence electrons. The van der Waals surface area contributed by atoms with Crippen molar-refractivity contribution in [2.75, 3.05) is 32.9 Å². The first-order valence-corrected chi connectivity index (χ1v) is 7.83. The maximum absolute atomic E-state index is 12.7. The molecule has 0 aliphatic carbocycles. The van der Waals surface area contributed by atoms with Crippen LogP contribution in [0.25, 0.3) is 0 Å². The number of ketones is 1. The molecule has 0 spiro atoms. The molecular formula is C17H27N3O. The average Bonchev–Trinajstić information content (AvgIpc) is 2.49. The number of anilines is 1. The van der Waals surface area contributed by atoms with Crippen LogP contribution in [0, 0.1) is 0 Å². The van der Waals surface area contributed by atoms with Crippen LogP contribution >= 0.6 is 0 Å². The molecule has 1 aliphatic heterocycles. The van der Waals surface area contributed by atoms with Crippen molar-refractivity contribution >= 4 is 11.5 Å². The molecule has 1 fully saturated rings. The van der Waals surface area contributed by atoms with Crippen molar-refractivity contribution in [3.63, 3.8) is 0 Å². The van der Waals surface area contributed by atoms with Gasteiger partial charge in [0.15, 0.2) is 5.78 Å². The predicted molar refractivity (Wildman–Crippen MR) is 87.5 cm³/mol. The fraction of sp³-hybridized carbons (Fsp3) is 0.588. The zero-order valence-corrected chi connectivity index (χ0v) is 13.4. The molecule has 1 aromatic rings. The highest BCUT2D eigenvalue weighted by Gasteiger charge is 2.29. The minimum Gasteiger partial charge on any atom is -0.399 e. The van der Waals surface area contributed by atoms with Gasteiger partial charge in [-0.3, -0.25) is 9.69 Å². The van der Waals surface area contributed by atoms with Crippen molar-refractivity contribution in [2.45, 2.75) is 38.3 Å². The zero-order valence-electron chi connectivity index (χ0n) is 13.4. The van der Waals surface area contributed by atoms with Crippen LogP contribution < -0.4 is 5.73 Å². The number of likely N-dealkylation sites (tertiary alicyclic amines) is 1. The number of nitrogens with zero attached hydrogens (tertiary/aromatic N) is 2. The average molecular weight is 289 g/mol. The summed E-state index contributed by atoms with van der Waals surface area (Å²) in [5, 5.41) is 0. The quantitative estimate of drug-likeness (QED) is 0.667. The van der Waals surface area contributed by atoms with Crippen molar-refractivity contribution in [1.29, 1.82) is 0 Å². The van der Waals surface area contributed by atoms with E-state index >= 15 is 0 Å². The summed E-state index contributed by atoms with van der Waals surface area (Å²) in [5.74, 6) is 0.207. The minimum absolute atomic E-state index is 0.0398. The van der Waals surface area contributed by atoms with Gasteiger partial charge in [0.1, 0.15) is 0 Å². The van der Waals surface area contributed by atoms with E-state index in [1.54, 1.807) is 12.1 Å². The van der Waals surface area contributed by atoms with E-state index in [1.165, 1.54) is 0 Å². The maximum Gasteiger partial charge on any atom is 0.179 e. The predicted octanol–water partition coefficient (Wildman–Crippen LogP) is 2.26. The van der Waals surface area contributed by atoms with Gasteiger partial charge >= 0.3 is 0 Å². The van der Waals surface area contributed by atoms with E-state index in [0.29, 0.717) is 11.7 Å². The van der Waals surface area contributed by atoms with Crippen LogP contribution in [-0.2, 0) is 0 Å². The summed E-state index contributed by atoms with van der Waals surface area (Å²) in [7, 11) is 4.26. The van der Waals surface area contributed by atoms with Gasteiger partial charge in [-0.1, -0.05) is 6.92 Å². The molecule has 0 aromatic heterocycles. The number of nitrogens with two attached hydrogens (primary N) is 1. The molecule has 1 unspecified atom stereocenters. The standard InChI is InChI=1S/C17H27N3O/c1-4-16(17(21)13-5-7-14(18)8-6-13)20(3)15-9-11-19(2)12-10-15/h5-8,15-16H,4,9-12,18H2,1-3H3. The first kappa shape index (κ1) is 16.0. The number of benzene rings is 1. The summed E-state index contributed by atoms with van der Waals surface area (Å²) in [6.45, 7) is 4.31. The van der Waals surface area contributed by atoms with E-state index in [2.05, 4.69) is 30.8 Å². The molecule has 4 heteroatoms. The summed E-state index contributed by atoms with van der Waals surface area (Å²) >= 11 is 0. The molecule has 1 heterocycles. The largest absolute Gasteiger partial charge is 0.399 e. The monoisotopic (exact) mass is 289 g/mol. The van der Waals surface area contributed by atoms with Crippen molar-refractivity contribution in [3.8, 4) is 0 Å². The van der Waals surface area contributed by atoms with Crippen molar-refractivity contribution in [2.24, 2.45) is 0 Å². The Hall–Kier alpha value is -1.39. The molecule has 1 saturated heterocycles. The molecule has 4 nitrogen and oxygen atoms in total. The van der Waals surface area contributed by atoms with Crippen LogP contribution in [0.5, 0.6) is 0 Å². The second kappa shape index (κ2) is 7.05. The highest BCUT2D eigenvalue weighted by molar-refractivity contribution is 6.00. The van der Waals surface area contributed by atoms with Crippen LogP contribution in [-0.4, -0.2) is 54.9 Å². The van der Waals surface area contributed by atoms with Gasteiger partial charge in [-0.25, -0.2) is 0 Å². The Labute approximate surface area is 127 Å². The number of likely N-dealkylation sites (N-methyl/N-ethyl adjacent to an activating group) is 1. The van der Waals surface area contributed by atoms with Gasteiger partial charge in [0.05, 0.1) is 6.04 Å². The SMILES string of the molecule is CCC(C(=O)c1ccc(N)cc1)N(C)C1CCN(C)CC1. The van der Waals surface area contributed by atoms with Gasteiger partial charge in [0.2, 0.25) is 0 Å². The Kier molecular flexibility index (Phi) is 5.37. The maximum atomic E-state index is 12.7. The van der Waals surface area contributed by atoms with Gasteiger partial charge in [-0.15, -0.1) is 0 Å². The second-order valence-corrected chi connectivity index (χ2v) is 6.11. The van der Waals surface area contributed by atoms with Crippen LogP contribution in [0.1, 0.15) is 36.5 Å². The molecule has 1 aliphatic rings. The fourth-order valence-corrected chi connectivity index (χ4v) is 3.15. The number of piperidine rings is 1.